The summed E-state index contributed by atoms with van der Waals surface area (Å²) in [5, 5.41) is 0.671. The van der Waals surface area contributed by atoms with Crippen LogP contribution in [0, 0.1) is 5.82 Å². The maximum atomic E-state index is 13.4. The molecule has 0 aliphatic heterocycles. The Morgan fingerprint density at radius 2 is 1.82 bits per heavy atom. The van der Waals surface area contributed by atoms with Crippen molar-refractivity contribution in [2.45, 2.75) is 9.79 Å². The number of halogens is 3. The van der Waals surface area contributed by atoms with Gasteiger partial charge < -0.3 is 5.73 Å². The highest BCUT2D eigenvalue weighted by Crippen LogP contribution is 2.35. The Balaban J connectivity index is 2.30. The molecule has 0 atom stereocenters. The maximum Gasteiger partial charge on any atom is 0.138 e. The smallest absolute Gasteiger partial charge is 0.138 e. The topological polar surface area (TPSA) is 26.0 Å². The predicted octanol–water partition coefficient (Wildman–Crippen LogP) is 4.98. The first-order valence-electron chi connectivity index (χ1n) is 4.74. The summed E-state index contributed by atoms with van der Waals surface area (Å²) in [5.74, 6) is -0.323. The summed E-state index contributed by atoms with van der Waals surface area (Å²) in [4.78, 5) is 1.65. The van der Waals surface area contributed by atoms with Gasteiger partial charge in [0, 0.05) is 20.5 Å². The zero-order valence-electron chi connectivity index (χ0n) is 8.58. The van der Waals surface area contributed by atoms with Crippen LogP contribution in [0.3, 0.4) is 0 Å². The molecule has 0 aliphatic carbocycles. The van der Waals surface area contributed by atoms with Gasteiger partial charge >= 0.3 is 0 Å². The van der Waals surface area contributed by atoms with Crippen LogP contribution >= 0.6 is 39.3 Å². The average molecular weight is 333 g/mol. The van der Waals surface area contributed by atoms with E-state index in [0.29, 0.717) is 20.1 Å². The molecule has 1 nitrogen and oxygen atoms in total. The second-order valence-corrected chi connectivity index (χ2v) is 5.77. The first-order chi connectivity index (χ1) is 8.06. The largest absolute Gasteiger partial charge is 0.398 e. The summed E-state index contributed by atoms with van der Waals surface area (Å²) >= 11 is 10.3. The van der Waals surface area contributed by atoms with Gasteiger partial charge in [0.1, 0.15) is 5.82 Å². The van der Waals surface area contributed by atoms with E-state index in [-0.39, 0.29) is 5.82 Å². The Morgan fingerprint density at radius 3 is 2.47 bits per heavy atom. The molecule has 0 fully saturated rings. The standard InChI is InChI=1S/C12H8BrClFNS/c13-9-5-11(16)12(6-10(9)15)17-8-3-1-7(14)2-4-8/h1-6H,16H2. The molecule has 88 valence electrons. The van der Waals surface area contributed by atoms with Crippen LogP contribution in [0.5, 0.6) is 0 Å². The number of hydrogen-bond donors (Lipinski definition) is 1. The molecule has 17 heavy (non-hydrogen) atoms. The monoisotopic (exact) mass is 331 g/mol. The lowest BCUT2D eigenvalue weighted by atomic mass is 10.3. The molecule has 0 radical (unpaired) electrons. The van der Waals surface area contributed by atoms with Crippen LogP contribution < -0.4 is 5.73 Å². The van der Waals surface area contributed by atoms with Gasteiger partial charge in [0.15, 0.2) is 0 Å². The minimum absolute atomic E-state index is 0.323. The van der Waals surface area contributed by atoms with Crippen LogP contribution in [0.2, 0.25) is 5.02 Å². The van der Waals surface area contributed by atoms with E-state index < -0.39 is 0 Å². The highest BCUT2D eigenvalue weighted by atomic mass is 79.9. The van der Waals surface area contributed by atoms with Crippen molar-refractivity contribution < 1.29 is 4.39 Å². The third-order valence-electron chi connectivity index (χ3n) is 2.09. The summed E-state index contributed by atoms with van der Waals surface area (Å²) in [6.45, 7) is 0. The van der Waals surface area contributed by atoms with E-state index >= 15 is 0 Å². The lowest BCUT2D eigenvalue weighted by Gasteiger charge is -2.06. The molecule has 0 heterocycles. The molecule has 2 aromatic carbocycles. The van der Waals surface area contributed by atoms with Gasteiger partial charge in [0.05, 0.1) is 4.47 Å². The number of benzene rings is 2. The zero-order chi connectivity index (χ0) is 12.4. The van der Waals surface area contributed by atoms with E-state index in [4.69, 9.17) is 17.3 Å². The molecule has 0 saturated heterocycles. The van der Waals surface area contributed by atoms with Crippen LogP contribution in [-0.4, -0.2) is 0 Å². The fourth-order valence-electron chi connectivity index (χ4n) is 1.26. The van der Waals surface area contributed by atoms with Gasteiger partial charge in [-0.25, -0.2) is 4.39 Å². The molecule has 0 spiro atoms. The molecule has 0 aromatic heterocycles. The van der Waals surface area contributed by atoms with Crippen molar-refractivity contribution in [3.8, 4) is 0 Å². The summed E-state index contributed by atoms with van der Waals surface area (Å²) in [5.41, 5.74) is 6.36. The Hall–Kier alpha value is -0.710. The minimum Gasteiger partial charge on any atom is -0.398 e. The van der Waals surface area contributed by atoms with Gasteiger partial charge in [-0.05, 0) is 52.3 Å². The van der Waals surface area contributed by atoms with Gasteiger partial charge in [0.25, 0.3) is 0 Å². The number of nitrogens with two attached hydrogens (primary N) is 1. The van der Waals surface area contributed by atoms with Crippen LogP contribution in [0.1, 0.15) is 0 Å². The SMILES string of the molecule is Nc1cc(Br)c(F)cc1Sc1ccc(Cl)cc1. The number of rotatable bonds is 2. The molecular formula is C12H8BrClFNS. The number of nitrogen functional groups attached to an aromatic ring is 1. The second-order valence-electron chi connectivity index (χ2n) is 3.36. The Bertz CT molecular complexity index is 545. The van der Waals surface area contributed by atoms with E-state index in [2.05, 4.69) is 15.9 Å². The van der Waals surface area contributed by atoms with Crippen molar-refractivity contribution in [3.05, 3.63) is 51.7 Å². The summed E-state index contributed by atoms with van der Waals surface area (Å²) in [7, 11) is 0. The van der Waals surface area contributed by atoms with Gasteiger partial charge in [-0.3, -0.25) is 0 Å². The van der Waals surface area contributed by atoms with Gasteiger partial charge in [-0.1, -0.05) is 23.4 Å². The minimum atomic E-state index is -0.323. The highest BCUT2D eigenvalue weighted by Gasteiger charge is 2.07. The predicted molar refractivity (Wildman–Crippen MR) is 74.1 cm³/mol. The summed E-state index contributed by atoms with van der Waals surface area (Å²) < 4.78 is 13.8. The highest BCUT2D eigenvalue weighted by molar-refractivity contribution is 9.10. The van der Waals surface area contributed by atoms with Gasteiger partial charge in [-0.15, -0.1) is 0 Å². The summed E-state index contributed by atoms with van der Waals surface area (Å²) in [6, 6.07) is 10.3. The van der Waals surface area contributed by atoms with E-state index in [1.165, 1.54) is 17.8 Å². The van der Waals surface area contributed by atoms with Gasteiger partial charge in [0.2, 0.25) is 0 Å². The third kappa shape index (κ3) is 3.15. The third-order valence-corrected chi connectivity index (χ3v) is 4.04. The summed E-state index contributed by atoms with van der Waals surface area (Å²) in [6.07, 6.45) is 0. The normalized spacial score (nSPS) is 10.5. The molecule has 2 N–H and O–H groups in total. The van der Waals surface area contributed by atoms with Crippen molar-refractivity contribution in [3.63, 3.8) is 0 Å². The fourth-order valence-corrected chi connectivity index (χ4v) is 2.61. The van der Waals surface area contributed by atoms with Crippen LogP contribution in [-0.2, 0) is 0 Å². The molecule has 0 bridgehead atoms. The first-order valence-corrected chi connectivity index (χ1v) is 6.73. The van der Waals surface area contributed by atoms with Crippen molar-refractivity contribution in [1.82, 2.24) is 0 Å². The molecule has 0 aliphatic rings. The van der Waals surface area contributed by atoms with Crippen LogP contribution in [0.25, 0.3) is 0 Å². The lowest BCUT2D eigenvalue weighted by Crippen LogP contribution is -1.90. The lowest BCUT2D eigenvalue weighted by molar-refractivity contribution is 0.618. The maximum absolute atomic E-state index is 13.4. The van der Waals surface area contributed by atoms with Crippen molar-refractivity contribution in [1.29, 1.82) is 0 Å². The quantitative estimate of drug-likeness (QED) is 0.785. The fraction of sp³-hybridized carbons (Fsp3) is 0. The molecule has 0 saturated carbocycles. The molecular weight excluding hydrogens is 325 g/mol. The molecule has 0 amide bonds. The number of hydrogen-bond acceptors (Lipinski definition) is 2. The Kier molecular flexibility index (Phi) is 3.97. The zero-order valence-corrected chi connectivity index (χ0v) is 11.7. The van der Waals surface area contributed by atoms with E-state index in [1.54, 1.807) is 18.2 Å². The van der Waals surface area contributed by atoms with E-state index in [0.717, 1.165) is 4.90 Å². The second kappa shape index (κ2) is 5.29. The van der Waals surface area contributed by atoms with E-state index in [1.807, 2.05) is 12.1 Å². The molecule has 2 aromatic rings. The van der Waals surface area contributed by atoms with Crippen molar-refractivity contribution in [2.75, 3.05) is 5.73 Å². The van der Waals surface area contributed by atoms with Crippen molar-refractivity contribution >= 4 is 45.0 Å². The molecule has 5 heteroatoms. The Morgan fingerprint density at radius 1 is 1.18 bits per heavy atom. The average Bonchev–Trinajstić information content (AvgIpc) is 2.29. The van der Waals surface area contributed by atoms with E-state index in [9.17, 15) is 4.39 Å². The first kappa shape index (κ1) is 12.7. The molecule has 0 unspecified atom stereocenters. The Labute approximate surface area is 116 Å². The van der Waals surface area contributed by atoms with Crippen LogP contribution in [0.4, 0.5) is 10.1 Å². The van der Waals surface area contributed by atoms with Crippen molar-refractivity contribution in [2.24, 2.45) is 0 Å². The van der Waals surface area contributed by atoms with Gasteiger partial charge in [-0.2, -0.15) is 0 Å². The number of anilines is 1. The molecule has 2 rings (SSSR count). The van der Waals surface area contributed by atoms with Crippen LogP contribution in [0.15, 0.2) is 50.7 Å².